The Morgan fingerprint density at radius 2 is 1.86 bits per heavy atom. The standard InChI is InChI=1S/C16H17N3O3/c1-11(18-16(20)19-13-4-6-17-7-5-13)12-2-3-14-15(10-12)22-9-8-21-14/h2-7,10-11H,8-9H2,1H3,(H2,17,18,19,20)/t11-/m1/s1. The Labute approximate surface area is 128 Å². The van der Waals surface area contributed by atoms with Gasteiger partial charge in [-0.3, -0.25) is 4.98 Å². The molecule has 0 saturated carbocycles. The van der Waals surface area contributed by atoms with Gasteiger partial charge in [0.25, 0.3) is 0 Å². The highest BCUT2D eigenvalue weighted by molar-refractivity contribution is 5.89. The number of nitrogens with zero attached hydrogens (tertiary/aromatic N) is 1. The molecule has 6 nitrogen and oxygen atoms in total. The molecule has 6 heteroatoms. The molecule has 3 rings (SSSR count). The average Bonchev–Trinajstić information content (AvgIpc) is 2.55. The maximum Gasteiger partial charge on any atom is 0.319 e. The Morgan fingerprint density at radius 1 is 1.14 bits per heavy atom. The van der Waals surface area contributed by atoms with Crippen molar-refractivity contribution >= 4 is 11.7 Å². The van der Waals surface area contributed by atoms with E-state index in [1.807, 2.05) is 25.1 Å². The van der Waals surface area contributed by atoms with Crippen molar-refractivity contribution in [2.24, 2.45) is 0 Å². The van der Waals surface area contributed by atoms with Gasteiger partial charge in [0.2, 0.25) is 0 Å². The fourth-order valence-electron chi connectivity index (χ4n) is 2.21. The molecule has 0 unspecified atom stereocenters. The number of pyridine rings is 1. The molecular weight excluding hydrogens is 282 g/mol. The first-order valence-electron chi connectivity index (χ1n) is 7.09. The topological polar surface area (TPSA) is 72.5 Å². The van der Waals surface area contributed by atoms with E-state index in [0.29, 0.717) is 24.7 Å². The van der Waals surface area contributed by atoms with Crippen LogP contribution in [0, 0.1) is 0 Å². The molecule has 2 aromatic rings. The molecule has 1 aliphatic heterocycles. The lowest BCUT2D eigenvalue weighted by Gasteiger charge is -2.21. The summed E-state index contributed by atoms with van der Waals surface area (Å²) in [4.78, 5) is 15.9. The van der Waals surface area contributed by atoms with Crippen molar-refractivity contribution in [3.05, 3.63) is 48.3 Å². The highest BCUT2D eigenvalue weighted by Crippen LogP contribution is 2.32. The van der Waals surface area contributed by atoms with Crippen molar-refractivity contribution in [1.29, 1.82) is 0 Å². The first-order chi connectivity index (χ1) is 10.7. The Hall–Kier alpha value is -2.76. The fraction of sp³-hybridized carbons (Fsp3) is 0.250. The van der Waals surface area contributed by atoms with E-state index in [9.17, 15) is 4.79 Å². The van der Waals surface area contributed by atoms with Crippen molar-refractivity contribution in [3.8, 4) is 11.5 Å². The lowest BCUT2D eigenvalue weighted by atomic mass is 10.1. The van der Waals surface area contributed by atoms with Gasteiger partial charge < -0.3 is 20.1 Å². The molecule has 1 aromatic carbocycles. The third kappa shape index (κ3) is 3.28. The summed E-state index contributed by atoms with van der Waals surface area (Å²) in [7, 11) is 0. The first-order valence-corrected chi connectivity index (χ1v) is 7.09. The molecule has 1 aromatic heterocycles. The lowest BCUT2D eigenvalue weighted by Crippen LogP contribution is -2.31. The molecule has 0 radical (unpaired) electrons. The van der Waals surface area contributed by atoms with Gasteiger partial charge in [0.05, 0.1) is 6.04 Å². The number of benzene rings is 1. The molecule has 0 saturated heterocycles. The van der Waals surface area contributed by atoms with E-state index in [1.54, 1.807) is 24.5 Å². The molecule has 2 heterocycles. The number of ether oxygens (including phenoxy) is 2. The predicted molar refractivity (Wildman–Crippen MR) is 82.2 cm³/mol. The summed E-state index contributed by atoms with van der Waals surface area (Å²) >= 11 is 0. The van der Waals surface area contributed by atoms with Crippen molar-refractivity contribution in [1.82, 2.24) is 10.3 Å². The van der Waals surface area contributed by atoms with Crippen LogP contribution in [0.25, 0.3) is 0 Å². The molecule has 1 aliphatic rings. The number of carbonyl (C=O) groups is 1. The van der Waals surface area contributed by atoms with Gasteiger partial charge in [-0.05, 0) is 36.8 Å². The highest BCUT2D eigenvalue weighted by Gasteiger charge is 2.15. The van der Waals surface area contributed by atoms with E-state index < -0.39 is 0 Å². The maximum atomic E-state index is 12.0. The second kappa shape index (κ2) is 6.34. The Bertz CT molecular complexity index is 661. The maximum absolute atomic E-state index is 12.0. The third-order valence-electron chi connectivity index (χ3n) is 3.35. The van der Waals surface area contributed by atoms with Crippen LogP contribution >= 0.6 is 0 Å². The number of urea groups is 1. The molecule has 0 fully saturated rings. The smallest absolute Gasteiger partial charge is 0.319 e. The van der Waals surface area contributed by atoms with Gasteiger partial charge in [-0.25, -0.2) is 4.79 Å². The number of nitrogens with one attached hydrogen (secondary N) is 2. The number of carbonyl (C=O) groups excluding carboxylic acids is 1. The van der Waals surface area contributed by atoms with Crippen LogP contribution in [0.5, 0.6) is 11.5 Å². The second-order valence-corrected chi connectivity index (χ2v) is 4.96. The van der Waals surface area contributed by atoms with Crippen LogP contribution in [-0.2, 0) is 0 Å². The van der Waals surface area contributed by atoms with E-state index in [1.165, 1.54) is 0 Å². The zero-order valence-electron chi connectivity index (χ0n) is 12.2. The van der Waals surface area contributed by atoms with Gasteiger partial charge >= 0.3 is 6.03 Å². The van der Waals surface area contributed by atoms with Crippen molar-refractivity contribution in [3.63, 3.8) is 0 Å². The molecule has 0 bridgehead atoms. The summed E-state index contributed by atoms with van der Waals surface area (Å²) in [5, 5.41) is 5.64. The number of aromatic nitrogens is 1. The van der Waals surface area contributed by atoms with Crippen LogP contribution < -0.4 is 20.1 Å². The highest BCUT2D eigenvalue weighted by atomic mass is 16.6. The average molecular weight is 299 g/mol. The number of anilines is 1. The number of hydrogen-bond donors (Lipinski definition) is 2. The minimum atomic E-state index is -0.270. The largest absolute Gasteiger partial charge is 0.486 e. The lowest BCUT2D eigenvalue weighted by molar-refractivity contribution is 0.171. The van der Waals surface area contributed by atoms with E-state index in [0.717, 1.165) is 11.3 Å². The van der Waals surface area contributed by atoms with Crippen molar-refractivity contribution in [2.75, 3.05) is 18.5 Å². The molecule has 114 valence electrons. The first kappa shape index (κ1) is 14.2. The Balaban J connectivity index is 1.64. The van der Waals surface area contributed by atoms with E-state index in [4.69, 9.17) is 9.47 Å². The summed E-state index contributed by atoms with van der Waals surface area (Å²) in [6, 6.07) is 8.72. The van der Waals surface area contributed by atoms with Crippen LogP contribution in [0.2, 0.25) is 0 Å². The second-order valence-electron chi connectivity index (χ2n) is 4.96. The minimum absolute atomic E-state index is 0.155. The number of rotatable bonds is 3. The molecule has 22 heavy (non-hydrogen) atoms. The van der Waals surface area contributed by atoms with Gasteiger partial charge in [0, 0.05) is 18.1 Å². The summed E-state index contributed by atoms with van der Waals surface area (Å²) < 4.78 is 11.0. The molecule has 2 amide bonds. The molecule has 2 N–H and O–H groups in total. The number of fused-ring (bicyclic) bond motifs is 1. The monoisotopic (exact) mass is 299 g/mol. The van der Waals surface area contributed by atoms with Gasteiger partial charge in [0.15, 0.2) is 11.5 Å². The van der Waals surface area contributed by atoms with Gasteiger partial charge in [-0.1, -0.05) is 6.07 Å². The Kier molecular flexibility index (Phi) is 4.09. The summed E-state index contributed by atoms with van der Waals surface area (Å²) in [5.74, 6) is 1.45. The Morgan fingerprint density at radius 3 is 2.64 bits per heavy atom. The fourth-order valence-corrected chi connectivity index (χ4v) is 2.21. The van der Waals surface area contributed by atoms with Gasteiger partial charge in [-0.15, -0.1) is 0 Å². The molecular formula is C16H17N3O3. The number of hydrogen-bond acceptors (Lipinski definition) is 4. The number of amides is 2. The zero-order valence-corrected chi connectivity index (χ0v) is 12.2. The summed E-state index contributed by atoms with van der Waals surface area (Å²) in [5.41, 5.74) is 1.65. The molecule has 0 aliphatic carbocycles. The predicted octanol–water partition coefficient (Wildman–Crippen LogP) is 2.74. The van der Waals surface area contributed by atoms with Crippen molar-refractivity contribution < 1.29 is 14.3 Å². The van der Waals surface area contributed by atoms with Crippen LogP contribution in [-0.4, -0.2) is 24.2 Å². The van der Waals surface area contributed by atoms with Gasteiger partial charge in [0.1, 0.15) is 13.2 Å². The molecule has 1 atom stereocenters. The van der Waals surface area contributed by atoms with Crippen LogP contribution in [0.4, 0.5) is 10.5 Å². The van der Waals surface area contributed by atoms with Crippen LogP contribution in [0.3, 0.4) is 0 Å². The SMILES string of the molecule is C[C@@H](NC(=O)Nc1ccncc1)c1ccc2c(c1)OCCO2. The van der Waals surface area contributed by atoms with Crippen LogP contribution in [0.15, 0.2) is 42.7 Å². The van der Waals surface area contributed by atoms with Crippen molar-refractivity contribution in [2.45, 2.75) is 13.0 Å². The quantitative estimate of drug-likeness (QED) is 0.914. The summed E-state index contributed by atoms with van der Waals surface area (Å²) in [6.07, 6.45) is 3.25. The van der Waals surface area contributed by atoms with Crippen LogP contribution in [0.1, 0.15) is 18.5 Å². The zero-order chi connectivity index (χ0) is 15.4. The van der Waals surface area contributed by atoms with E-state index >= 15 is 0 Å². The summed E-state index contributed by atoms with van der Waals surface area (Å²) in [6.45, 7) is 3.02. The minimum Gasteiger partial charge on any atom is -0.486 e. The molecule has 0 spiro atoms. The van der Waals surface area contributed by atoms with E-state index in [2.05, 4.69) is 15.6 Å². The van der Waals surface area contributed by atoms with E-state index in [-0.39, 0.29) is 12.1 Å². The normalized spacial score (nSPS) is 14.0. The van der Waals surface area contributed by atoms with Gasteiger partial charge in [-0.2, -0.15) is 0 Å². The third-order valence-corrected chi connectivity index (χ3v) is 3.35.